The Morgan fingerprint density at radius 3 is 2.52 bits per heavy atom. The standard InChI is InChI=1S/C20H19NO2/c1-13-5-8-18(15(3)10-13)21-20(22)9-7-17-12-16-6-4-14(2)11-19(16)23-17/h4-12H,1-3H3,(H,21,22). The number of aryl methyl sites for hydroxylation is 3. The number of furan rings is 1. The average molecular weight is 305 g/mol. The van der Waals surface area contributed by atoms with Crippen molar-refractivity contribution in [2.45, 2.75) is 20.8 Å². The molecule has 0 aliphatic carbocycles. The summed E-state index contributed by atoms with van der Waals surface area (Å²) in [7, 11) is 0. The van der Waals surface area contributed by atoms with E-state index in [0.29, 0.717) is 5.76 Å². The molecule has 2 aromatic carbocycles. The van der Waals surface area contributed by atoms with Crippen molar-refractivity contribution in [3.63, 3.8) is 0 Å². The zero-order valence-corrected chi connectivity index (χ0v) is 13.5. The van der Waals surface area contributed by atoms with Crippen molar-refractivity contribution >= 4 is 28.6 Å². The maximum atomic E-state index is 12.1. The molecule has 1 N–H and O–H groups in total. The van der Waals surface area contributed by atoms with Gasteiger partial charge in [0.2, 0.25) is 5.91 Å². The van der Waals surface area contributed by atoms with Gasteiger partial charge in [-0.05, 0) is 56.2 Å². The van der Waals surface area contributed by atoms with Crippen LogP contribution in [0.15, 0.2) is 53.0 Å². The molecule has 0 aliphatic heterocycles. The van der Waals surface area contributed by atoms with E-state index in [1.807, 2.05) is 63.2 Å². The fourth-order valence-electron chi connectivity index (χ4n) is 2.53. The second kappa shape index (κ2) is 6.13. The molecule has 0 saturated heterocycles. The number of fused-ring (bicyclic) bond motifs is 1. The van der Waals surface area contributed by atoms with E-state index >= 15 is 0 Å². The van der Waals surface area contributed by atoms with Crippen molar-refractivity contribution in [2.75, 3.05) is 5.32 Å². The molecule has 1 aromatic heterocycles. The summed E-state index contributed by atoms with van der Waals surface area (Å²) in [6.45, 7) is 6.03. The Bertz CT molecular complexity index is 903. The summed E-state index contributed by atoms with van der Waals surface area (Å²) in [4.78, 5) is 12.1. The van der Waals surface area contributed by atoms with Gasteiger partial charge in [-0.25, -0.2) is 0 Å². The van der Waals surface area contributed by atoms with Crippen LogP contribution in [0.3, 0.4) is 0 Å². The first kappa shape index (κ1) is 15.1. The van der Waals surface area contributed by atoms with Gasteiger partial charge in [0.15, 0.2) is 0 Å². The first-order chi connectivity index (χ1) is 11.0. The van der Waals surface area contributed by atoms with Gasteiger partial charge < -0.3 is 9.73 Å². The van der Waals surface area contributed by atoms with E-state index in [1.165, 1.54) is 11.6 Å². The summed E-state index contributed by atoms with van der Waals surface area (Å²) >= 11 is 0. The summed E-state index contributed by atoms with van der Waals surface area (Å²) in [6, 6.07) is 13.9. The second-order valence-corrected chi connectivity index (χ2v) is 5.83. The number of nitrogens with one attached hydrogen (secondary N) is 1. The second-order valence-electron chi connectivity index (χ2n) is 5.83. The van der Waals surface area contributed by atoms with Crippen LogP contribution >= 0.6 is 0 Å². The summed E-state index contributed by atoms with van der Waals surface area (Å²) in [5, 5.41) is 3.92. The van der Waals surface area contributed by atoms with Gasteiger partial charge in [-0.2, -0.15) is 0 Å². The highest BCUT2D eigenvalue weighted by Crippen LogP contribution is 2.21. The van der Waals surface area contributed by atoms with Crippen molar-refractivity contribution < 1.29 is 9.21 Å². The van der Waals surface area contributed by atoms with Gasteiger partial charge in [-0.15, -0.1) is 0 Å². The van der Waals surface area contributed by atoms with Crippen LogP contribution in [0.2, 0.25) is 0 Å². The minimum atomic E-state index is -0.173. The predicted octanol–water partition coefficient (Wildman–Crippen LogP) is 5.01. The molecule has 0 spiro atoms. The van der Waals surface area contributed by atoms with Crippen LogP contribution in [0.5, 0.6) is 0 Å². The molecule has 116 valence electrons. The maximum absolute atomic E-state index is 12.1. The third kappa shape index (κ3) is 3.51. The van der Waals surface area contributed by atoms with Crippen LogP contribution in [0, 0.1) is 20.8 Å². The van der Waals surface area contributed by atoms with Gasteiger partial charge in [0.05, 0.1) is 0 Å². The molecule has 0 aliphatic rings. The third-order valence-corrected chi connectivity index (χ3v) is 3.73. The quantitative estimate of drug-likeness (QED) is 0.691. The lowest BCUT2D eigenvalue weighted by molar-refractivity contribution is -0.111. The van der Waals surface area contributed by atoms with E-state index in [0.717, 1.165) is 27.8 Å². The first-order valence-corrected chi connectivity index (χ1v) is 7.58. The summed E-state index contributed by atoms with van der Waals surface area (Å²) in [5.41, 5.74) is 5.03. The van der Waals surface area contributed by atoms with Gasteiger partial charge in [0.25, 0.3) is 0 Å². The Balaban J connectivity index is 1.74. The van der Waals surface area contributed by atoms with Crippen LogP contribution in [0.4, 0.5) is 5.69 Å². The third-order valence-electron chi connectivity index (χ3n) is 3.73. The summed E-state index contributed by atoms with van der Waals surface area (Å²) in [6.07, 6.45) is 3.18. The zero-order chi connectivity index (χ0) is 16.4. The highest BCUT2D eigenvalue weighted by atomic mass is 16.3. The maximum Gasteiger partial charge on any atom is 0.248 e. The van der Waals surface area contributed by atoms with Crippen LogP contribution in [-0.4, -0.2) is 5.91 Å². The summed E-state index contributed by atoms with van der Waals surface area (Å²) < 4.78 is 5.72. The number of carbonyl (C=O) groups is 1. The van der Waals surface area contributed by atoms with Crippen molar-refractivity contribution in [2.24, 2.45) is 0 Å². The number of benzene rings is 2. The van der Waals surface area contributed by atoms with Crippen molar-refractivity contribution in [1.82, 2.24) is 0 Å². The SMILES string of the molecule is Cc1ccc(NC(=O)C=Cc2cc3ccc(C)cc3o2)c(C)c1. The topological polar surface area (TPSA) is 42.2 Å². The average Bonchev–Trinajstić information content (AvgIpc) is 2.90. The lowest BCUT2D eigenvalue weighted by Crippen LogP contribution is -2.08. The number of hydrogen-bond acceptors (Lipinski definition) is 2. The lowest BCUT2D eigenvalue weighted by Gasteiger charge is -2.06. The molecule has 1 heterocycles. The molecule has 3 rings (SSSR count). The number of amides is 1. The van der Waals surface area contributed by atoms with Gasteiger partial charge in [0.1, 0.15) is 11.3 Å². The van der Waals surface area contributed by atoms with E-state index in [-0.39, 0.29) is 5.91 Å². The van der Waals surface area contributed by atoms with E-state index in [9.17, 15) is 4.79 Å². The smallest absolute Gasteiger partial charge is 0.248 e. The molecule has 0 radical (unpaired) electrons. The lowest BCUT2D eigenvalue weighted by atomic mass is 10.1. The minimum absolute atomic E-state index is 0.173. The van der Waals surface area contributed by atoms with Crippen LogP contribution in [0.25, 0.3) is 17.0 Å². The molecule has 0 unspecified atom stereocenters. The number of hydrogen-bond donors (Lipinski definition) is 1. The monoisotopic (exact) mass is 305 g/mol. The highest BCUT2D eigenvalue weighted by Gasteiger charge is 2.04. The Kier molecular flexibility index (Phi) is 4.02. The predicted molar refractivity (Wildman–Crippen MR) is 94.5 cm³/mol. The molecule has 3 aromatic rings. The van der Waals surface area contributed by atoms with Gasteiger partial charge in [-0.3, -0.25) is 4.79 Å². The van der Waals surface area contributed by atoms with Crippen LogP contribution in [0.1, 0.15) is 22.5 Å². The number of rotatable bonds is 3. The van der Waals surface area contributed by atoms with Crippen LogP contribution in [-0.2, 0) is 4.79 Å². The largest absolute Gasteiger partial charge is 0.457 e. The Morgan fingerprint density at radius 1 is 1.00 bits per heavy atom. The van der Waals surface area contributed by atoms with E-state index in [2.05, 4.69) is 5.32 Å². The number of anilines is 1. The molecule has 3 nitrogen and oxygen atoms in total. The van der Waals surface area contributed by atoms with Gasteiger partial charge in [-0.1, -0.05) is 29.8 Å². The van der Waals surface area contributed by atoms with Crippen LogP contribution < -0.4 is 5.32 Å². The minimum Gasteiger partial charge on any atom is -0.457 e. The van der Waals surface area contributed by atoms with Crippen molar-refractivity contribution in [1.29, 1.82) is 0 Å². The van der Waals surface area contributed by atoms with Crippen molar-refractivity contribution in [3.8, 4) is 0 Å². The zero-order valence-electron chi connectivity index (χ0n) is 13.5. The van der Waals surface area contributed by atoms with E-state index in [1.54, 1.807) is 6.08 Å². The molecular formula is C20H19NO2. The Labute approximate surface area is 135 Å². The molecule has 3 heteroatoms. The van der Waals surface area contributed by atoms with Gasteiger partial charge >= 0.3 is 0 Å². The Morgan fingerprint density at radius 2 is 1.74 bits per heavy atom. The Hall–Kier alpha value is -2.81. The molecule has 0 saturated carbocycles. The molecule has 1 amide bonds. The molecular weight excluding hydrogens is 286 g/mol. The van der Waals surface area contributed by atoms with Gasteiger partial charge in [0, 0.05) is 17.1 Å². The normalized spacial score (nSPS) is 11.3. The summed E-state index contributed by atoms with van der Waals surface area (Å²) in [5.74, 6) is 0.495. The molecule has 0 fully saturated rings. The van der Waals surface area contributed by atoms with E-state index in [4.69, 9.17) is 4.42 Å². The highest BCUT2D eigenvalue weighted by molar-refractivity contribution is 6.02. The molecule has 0 atom stereocenters. The fraction of sp³-hybridized carbons (Fsp3) is 0.150. The molecule has 0 bridgehead atoms. The molecule has 23 heavy (non-hydrogen) atoms. The number of carbonyl (C=O) groups excluding carboxylic acids is 1. The first-order valence-electron chi connectivity index (χ1n) is 7.58. The fourth-order valence-corrected chi connectivity index (χ4v) is 2.53. The van der Waals surface area contributed by atoms with E-state index < -0.39 is 0 Å². The van der Waals surface area contributed by atoms with Crippen molar-refractivity contribution in [3.05, 3.63) is 71.0 Å².